The molecule has 0 fully saturated rings. The van der Waals surface area contributed by atoms with Crippen LogP contribution in [0.4, 0.5) is 5.69 Å². The lowest BCUT2D eigenvalue weighted by atomic mass is 10.1. The zero-order valence-corrected chi connectivity index (χ0v) is 18.4. The summed E-state index contributed by atoms with van der Waals surface area (Å²) in [6, 6.07) is 23.0. The molecule has 0 bridgehead atoms. The van der Waals surface area contributed by atoms with Crippen molar-refractivity contribution in [3.8, 4) is 11.8 Å². The van der Waals surface area contributed by atoms with Gasteiger partial charge >= 0.3 is 0 Å². The van der Waals surface area contributed by atoms with E-state index < -0.39 is 5.91 Å². The van der Waals surface area contributed by atoms with Crippen molar-refractivity contribution in [3.05, 3.63) is 99.0 Å². The van der Waals surface area contributed by atoms with Crippen LogP contribution in [0.3, 0.4) is 0 Å². The second-order valence-electron chi connectivity index (χ2n) is 6.84. The van der Waals surface area contributed by atoms with Gasteiger partial charge in [0.15, 0.2) is 0 Å². The number of carbonyl (C=O) groups is 1. The average Bonchev–Trinajstić information content (AvgIpc) is 2.75. The summed E-state index contributed by atoms with van der Waals surface area (Å²) in [4.78, 5) is 12.6. The SMILES string of the molecule is Cc1cccc(NC(=O)/C(C#N)=C/c2ccc(OCc3ccccc3)c(Br)c2)c1C. The molecule has 0 aliphatic rings. The first-order valence-corrected chi connectivity index (χ1v) is 10.2. The third-order valence-corrected chi connectivity index (χ3v) is 5.34. The molecule has 0 aromatic heterocycles. The summed E-state index contributed by atoms with van der Waals surface area (Å²) in [5.74, 6) is 0.251. The van der Waals surface area contributed by atoms with Crippen LogP contribution in [0, 0.1) is 25.2 Å². The molecular formula is C25H21BrN2O2. The number of amides is 1. The summed E-state index contributed by atoms with van der Waals surface area (Å²) in [7, 11) is 0. The third-order valence-electron chi connectivity index (χ3n) is 4.72. The quantitative estimate of drug-likeness (QED) is 0.352. The highest BCUT2D eigenvalue weighted by molar-refractivity contribution is 9.10. The van der Waals surface area contributed by atoms with Crippen LogP contribution in [0.25, 0.3) is 6.08 Å². The number of hydrogen-bond acceptors (Lipinski definition) is 3. The topological polar surface area (TPSA) is 62.1 Å². The minimum Gasteiger partial charge on any atom is -0.488 e. The summed E-state index contributed by atoms with van der Waals surface area (Å²) in [6.07, 6.45) is 1.56. The van der Waals surface area contributed by atoms with Crippen molar-refractivity contribution in [1.82, 2.24) is 0 Å². The van der Waals surface area contributed by atoms with E-state index >= 15 is 0 Å². The predicted octanol–water partition coefficient (Wildman–Crippen LogP) is 6.19. The van der Waals surface area contributed by atoms with Crippen LogP contribution in [0.15, 0.2) is 76.8 Å². The van der Waals surface area contributed by atoms with Gasteiger partial charge < -0.3 is 10.1 Å². The van der Waals surface area contributed by atoms with Crippen LogP contribution in [-0.2, 0) is 11.4 Å². The number of anilines is 1. The van der Waals surface area contributed by atoms with E-state index in [2.05, 4.69) is 21.2 Å². The molecule has 5 heteroatoms. The lowest BCUT2D eigenvalue weighted by Crippen LogP contribution is -2.14. The number of aryl methyl sites for hydroxylation is 1. The Hall–Kier alpha value is -3.36. The van der Waals surface area contributed by atoms with Crippen molar-refractivity contribution >= 4 is 33.6 Å². The monoisotopic (exact) mass is 460 g/mol. The highest BCUT2D eigenvalue weighted by Gasteiger charge is 2.12. The number of nitrogens with one attached hydrogen (secondary N) is 1. The molecule has 150 valence electrons. The van der Waals surface area contributed by atoms with Gasteiger partial charge in [-0.2, -0.15) is 5.26 Å². The molecule has 3 aromatic rings. The van der Waals surface area contributed by atoms with Crippen LogP contribution in [0.1, 0.15) is 22.3 Å². The van der Waals surface area contributed by atoms with Crippen molar-refractivity contribution in [1.29, 1.82) is 5.26 Å². The molecule has 4 nitrogen and oxygen atoms in total. The molecule has 0 spiro atoms. The summed E-state index contributed by atoms with van der Waals surface area (Å²) in [5, 5.41) is 12.3. The summed E-state index contributed by atoms with van der Waals surface area (Å²) < 4.78 is 6.60. The van der Waals surface area contributed by atoms with Gasteiger partial charge in [0.2, 0.25) is 0 Å². The van der Waals surface area contributed by atoms with E-state index in [4.69, 9.17) is 4.74 Å². The number of ether oxygens (including phenoxy) is 1. The molecule has 0 heterocycles. The van der Waals surface area contributed by atoms with Crippen LogP contribution >= 0.6 is 15.9 Å². The second kappa shape index (κ2) is 9.91. The predicted molar refractivity (Wildman–Crippen MR) is 123 cm³/mol. The first kappa shape index (κ1) is 21.4. The molecular weight excluding hydrogens is 440 g/mol. The molecule has 1 N–H and O–H groups in total. The number of rotatable bonds is 6. The van der Waals surface area contributed by atoms with Gasteiger partial charge in [0.1, 0.15) is 24.0 Å². The van der Waals surface area contributed by atoms with E-state index in [1.807, 2.05) is 86.6 Å². The van der Waals surface area contributed by atoms with Gasteiger partial charge in [-0.05, 0) is 76.3 Å². The first-order valence-electron chi connectivity index (χ1n) is 9.43. The third kappa shape index (κ3) is 5.37. The molecule has 3 aromatic carbocycles. The van der Waals surface area contributed by atoms with E-state index in [9.17, 15) is 10.1 Å². The fraction of sp³-hybridized carbons (Fsp3) is 0.120. The lowest BCUT2D eigenvalue weighted by Gasteiger charge is -2.10. The minimum atomic E-state index is -0.438. The Morgan fingerprint density at radius 3 is 2.57 bits per heavy atom. The van der Waals surface area contributed by atoms with Gasteiger partial charge in [0.05, 0.1) is 4.47 Å². The Labute approximate surface area is 184 Å². The highest BCUT2D eigenvalue weighted by Crippen LogP contribution is 2.28. The summed E-state index contributed by atoms with van der Waals surface area (Å²) in [6.45, 7) is 4.37. The Morgan fingerprint density at radius 2 is 1.87 bits per heavy atom. The van der Waals surface area contributed by atoms with Crippen molar-refractivity contribution in [3.63, 3.8) is 0 Å². The maximum absolute atomic E-state index is 12.6. The van der Waals surface area contributed by atoms with Gasteiger partial charge in [-0.1, -0.05) is 48.5 Å². The number of halogens is 1. The zero-order chi connectivity index (χ0) is 21.5. The lowest BCUT2D eigenvalue weighted by molar-refractivity contribution is -0.112. The van der Waals surface area contributed by atoms with Crippen LogP contribution in [0.2, 0.25) is 0 Å². The number of hydrogen-bond donors (Lipinski definition) is 1. The summed E-state index contributed by atoms with van der Waals surface area (Å²) in [5.41, 5.74) is 4.58. The number of nitrogens with zero attached hydrogens (tertiary/aromatic N) is 1. The fourth-order valence-corrected chi connectivity index (χ4v) is 3.36. The molecule has 0 radical (unpaired) electrons. The molecule has 1 amide bonds. The van der Waals surface area contributed by atoms with Crippen molar-refractivity contribution < 1.29 is 9.53 Å². The van der Waals surface area contributed by atoms with E-state index in [1.54, 1.807) is 6.08 Å². The molecule has 30 heavy (non-hydrogen) atoms. The van der Waals surface area contributed by atoms with Gasteiger partial charge in [-0.15, -0.1) is 0 Å². The van der Waals surface area contributed by atoms with Crippen LogP contribution in [-0.4, -0.2) is 5.91 Å². The molecule has 0 saturated heterocycles. The standard InChI is InChI=1S/C25H21BrN2O2/c1-17-7-6-10-23(18(17)2)28-25(29)21(15-27)13-20-11-12-24(22(26)14-20)30-16-19-8-4-3-5-9-19/h3-14H,16H2,1-2H3,(H,28,29)/b21-13+. The highest BCUT2D eigenvalue weighted by atomic mass is 79.9. The van der Waals surface area contributed by atoms with E-state index in [0.717, 1.165) is 26.7 Å². The Morgan fingerprint density at radius 1 is 1.10 bits per heavy atom. The number of carbonyl (C=O) groups excluding carboxylic acids is 1. The fourth-order valence-electron chi connectivity index (χ4n) is 2.85. The summed E-state index contributed by atoms with van der Waals surface area (Å²) >= 11 is 3.50. The molecule has 0 unspecified atom stereocenters. The largest absolute Gasteiger partial charge is 0.488 e. The maximum Gasteiger partial charge on any atom is 0.266 e. The zero-order valence-electron chi connectivity index (χ0n) is 16.8. The molecule has 3 rings (SSSR count). The molecule has 0 aliphatic heterocycles. The molecule has 0 atom stereocenters. The number of nitriles is 1. The van der Waals surface area contributed by atoms with Crippen LogP contribution < -0.4 is 10.1 Å². The van der Waals surface area contributed by atoms with Crippen molar-refractivity contribution in [2.45, 2.75) is 20.5 Å². The van der Waals surface area contributed by atoms with Gasteiger partial charge in [-0.25, -0.2) is 0 Å². The van der Waals surface area contributed by atoms with Crippen LogP contribution in [0.5, 0.6) is 5.75 Å². The molecule has 0 saturated carbocycles. The normalized spacial score (nSPS) is 10.9. The minimum absolute atomic E-state index is 0.0285. The van der Waals surface area contributed by atoms with Crippen molar-refractivity contribution in [2.24, 2.45) is 0 Å². The van der Waals surface area contributed by atoms with Gasteiger partial charge in [-0.3, -0.25) is 4.79 Å². The Balaban J connectivity index is 1.73. The van der Waals surface area contributed by atoms with E-state index in [1.165, 1.54) is 0 Å². The van der Waals surface area contributed by atoms with E-state index in [0.29, 0.717) is 18.0 Å². The van der Waals surface area contributed by atoms with Gasteiger partial charge in [0, 0.05) is 5.69 Å². The van der Waals surface area contributed by atoms with Gasteiger partial charge in [0.25, 0.3) is 5.91 Å². The van der Waals surface area contributed by atoms with E-state index in [-0.39, 0.29) is 5.57 Å². The smallest absolute Gasteiger partial charge is 0.266 e. The molecule has 0 aliphatic carbocycles. The number of benzene rings is 3. The Kier molecular flexibility index (Phi) is 7.05. The van der Waals surface area contributed by atoms with Crippen molar-refractivity contribution in [2.75, 3.05) is 5.32 Å². The average molecular weight is 461 g/mol. The first-order chi connectivity index (χ1) is 14.5. The maximum atomic E-state index is 12.6. The second-order valence-corrected chi connectivity index (χ2v) is 7.69. The Bertz CT molecular complexity index is 1130.